The van der Waals surface area contributed by atoms with Crippen LogP contribution in [-0.4, -0.2) is 11.7 Å². The van der Waals surface area contributed by atoms with E-state index in [1.165, 1.54) is 6.07 Å². The molecule has 0 heterocycles. The number of nitrogens with two attached hydrogens (primary N) is 2. The first kappa shape index (κ1) is 10.4. The van der Waals surface area contributed by atoms with Crippen molar-refractivity contribution < 1.29 is 9.50 Å². The quantitative estimate of drug-likeness (QED) is 0.738. The van der Waals surface area contributed by atoms with Crippen molar-refractivity contribution >= 4 is 15.9 Å². The monoisotopic (exact) mass is 248 g/mol. The molecular formula is C8H10BrFN2O. The molecule has 13 heavy (non-hydrogen) atoms. The minimum absolute atomic E-state index is 0.148. The van der Waals surface area contributed by atoms with Crippen molar-refractivity contribution in [3.8, 4) is 5.75 Å². The lowest BCUT2D eigenvalue weighted by molar-refractivity contribution is 0.420. The summed E-state index contributed by atoms with van der Waals surface area (Å²) >= 11 is 3.16. The second kappa shape index (κ2) is 4.04. The van der Waals surface area contributed by atoms with Gasteiger partial charge in [0.15, 0.2) is 11.6 Å². The van der Waals surface area contributed by atoms with Crippen LogP contribution in [-0.2, 0) is 0 Å². The fourth-order valence-electron chi connectivity index (χ4n) is 1.03. The molecule has 0 unspecified atom stereocenters. The van der Waals surface area contributed by atoms with Crippen molar-refractivity contribution in [1.29, 1.82) is 0 Å². The Labute approximate surface area is 83.7 Å². The number of benzene rings is 1. The molecule has 0 spiro atoms. The third kappa shape index (κ3) is 1.99. The number of aromatic hydroxyl groups is 1. The first-order chi connectivity index (χ1) is 6.07. The summed E-state index contributed by atoms with van der Waals surface area (Å²) in [6.45, 7) is 0.148. The summed E-state index contributed by atoms with van der Waals surface area (Å²) in [6, 6.07) is 2.08. The van der Waals surface area contributed by atoms with Crippen LogP contribution >= 0.6 is 15.9 Å². The second-order valence-electron chi connectivity index (χ2n) is 2.63. The van der Waals surface area contributed by atoms with Crippen LogP contribution < -0.4 is 11.5 Å². The molecule has 0 saturated heterocycles. The number of phenols is 1. The molecule has 1 aromatic rings. The molecule has 0 saturated carbocycles. The molecule has 72 valence electrons. The Morgan fingerprint density at radius 2 is 2.15 bits per heavy atom. The van der Waals surface area contributed by atoms with Gasteiger partial charge in [0.2, 0.25) is 0 Å². The van der Waals surface area contributed by atoms with Crippen LogP contribution in [0.5, 0.6) is 5.75 Å². The maximum absolute atomic E-state index is 12.9. The molecule has 0 aliphatic heterocycles. The van der Waals surface area contributed by atoms with E-state index in [2.05, 4.69) is 15.9 Å². The van der Waals surface area contributed by atoms with Gasteiger partial charge in [0, 0.05) is 22.6 Å². The largest absolute Gasteiger partial charge is 0.505 e. The van der Waals surface area contributed by atoms with E-state index < -0.39 is 17.6 Å². The van der Waals surface area contributed by atoms with E-state index in [4.69, 9.17) is 11.5 Å². The second-order valence-corrected chi connectivity index (χ2v) is 3.49. The van der Waals surface area contributed by atoms with Crippen molar-refractivity contribution in [1.82, 2.24) is 0 Å². The van der Waals surface area contributed by atoms with Gasteiger partial charge in [-0.3, -0.25) is 0 Å². The summed E-state index contributed by atoms with van der Waals surface area (Å²) in [5.74, 6) is -1.13. The Morgan fingerprint density at radius 3 is 2.69 bits per heavy atom. The molecule has 0 bridgehead atoms. The number of hydrogen-bond acceptors (Lipinski definition) is 3. The van der Waals surface area contributed by atoms with E-state index in [1.54, 1.807) is 0 Å². The van der Waals surface area contributed by atoms with Gasteiger partial charge in [-0.05, 0) is 12.1 Å². The molecule has 0 aliphatic rings. The highest BCUT2D eigenvalue weighted by atomic mass is 79.9. The third-order valence-electron chi connectivity index (χ3n) is 1.74. The van der Waals surface area contributed by atoms with Gasteiger partial charge in [0.05, 0.1) is 0 Å². The smallest absolute Gasteiger partial charge is 0.165 e. The molecule has 1 aromatic carbocycles. The first-order valence-corrected chi connectivity index (χ1v) is 4.49. The molecule has 0 fully saturated rings. The van der Waals surface area contributed by atoms with Crippen LogP contribution in [0.15, 0.2) is 16.6 Å². The van der Waals surface area contributed by atoms with Gasteiger partial charge < -0.3 is 16.6 Å². The summed E-state index contributed by atoms with van der Waals surface area (Å²) in [4.78, 5) is 0. The van der Waals surface area contributed by atoms with E-state index in [1.807, 2.05) is 0 Å². The molecule has 0 amide bonds. The number of rotatable bonds is 2. The van der Waals surface area contributed by atoms with Crippen LogP contribution in [0.4, 0.5) is 4.39 Å². The van der Waals surface area contributed by atoms with Crippen LogP contribution in [0.3, 0.4) is 0 Å². The molecule has 1 rings (SSSR count). The maximum atomic E-state index is 12.9. The summed E-state index contributed by atoms with van der Waals surface area (Å²) in [6.07, 6.45) is 0. The van der Waals surface area contributed by atoms with Gasteiger partial charge in [0.25, 0.3) is 0 Å². The molecule has 1 atom stereocenters. The van der Waals surface area contributed by atoms with Gasteiger partial charge in [0.1, 0.15) is 0 Å². The average molecular weight is 249 g/mol. The Bertz CT molecular complexity index is 319. The Balaban J connectivity index is 3.25. The third-order valence-corrected chi connectivity index (χ3v) is 2.43. The summed E-state index contributed by atoms with van der Waals surface area (Å²) in [5, 5.41) is 9.34. The number of hydrogen-bond donors (Lipinski definition) is 3. The Hall–Kier alpha value is -0.650. The van der Waals surface area contributed by atoms with Crippen molar-refractivity contribution in [3.63, 3.8) is 0 Å². The molecule has 0 radical (unpaired) electrons. The Kier molecular flexibility index (Phi) is 3.24. The van der Waals surface area contributed by atoms with Gasteiger partial charge in [-0.25, -0.2) is 4.39 Å². The lowest BCUT2D eigenvalue weighted by atomic mass is 10.1. The summed E-state index contributed by atoms with van der Waals surface area (Å²) < 4.78 is 13.4. The van der Waals surface area contributed by atoms with Gasteiger partial charge in [-0.1, -0.05) is 15.9 Å². The van der Waals surface area contributed by atoms with Crippen LogP contribution in [0.1, 0.15) is 11.6 Å². The molecule has 5 N–H and O–H groups in total. The highest BCUT2D eigenvalue weighted by Gasteiger charge is 2.16. The van der Waals surface area contributed by atoms with E-state index in [-0.39, 0.29) is 6.54 Å². The zero-order chi connectivity index (χ0) is 10.0. The summed E-state index contributed by atoms with van der Waals surface area (Å²) in [7, 11) is 0. The van der Waals surface area contributed by atoms with E-state index in [0.29, 0.717) is 10.0 Å². The van der Waals surface area contributed by atoms with Gasteiger partial charge in [-0.2, -0.15) is 0 Å². The number of halogens is 2. The van der Waals surface area contributed by atoms with Crippen molar-refractivity contribution in [2.75, 3.05) is 6.54 Å². The van der Waals surface area contributed by atoms with Gasteiger partial charge >= 0.3 is 0 Å². The van der Waals surface area contributed by atoms with Crippen molar-refractivity contribution in [3.05, 3.63) is 28.0 Å². The molecule has 5 heteroatoms. The first-order valence-electron chi connectivity index (χ1n) is 3.70. The van der Waals surface area contributed by atoms with Crippen molar-refractivity contribution in [2.45, 2.75) is 6.04 Å². The summed E-state index contributed by atoms with van der Waals surface area (Å²) in [5.41, 5.74) is 11.2. The number of phenolic OH excluding ortho intramolecular Hbond substituents is 1. The normalized spacial score (nSPS) is 12.9. The van der Waals surface area contributed by atoms with E-state index >= 15 is 0 Å². The highest BCUT2D eigenvalue weighted by molar-refractivity contribution is 9.10. The zero-order valence-corrected chi connectivity index (χ0v) is 8.38. The minimum Gasteiger partial charge on any atom is -0.505 e. The lowest BCUT2D eigenvalue weighted by Gasteiger charge is -2.13. The standard InChI is InChI=1S/C8H10BrFN2O/c9-4-1-2-5(10)8(13)7(4)6(12)3-11/h1-2,6,13H,3,11-12H2/t6-/m0/s1. The average Bonchev–Trinajstić information content (AvgIpc) is 2.12. The lowest BCUT2D eigenvalue weighted by Crippen LogP contribution is -2.21. The van der Waals surface area contributed by atoms with Crippen molar-refractivity contribution in [2.24, 2.45) is 11.5 Å². The maximum Gasteiger partial charge on any atom is 0.165 e. The highest BCUT2D eigenvalue weighted by Crippen LogP contribution is 2.32. The van der Waals surface area contributed by atoms with E-state index in [9.17, 15) is 9.50 Å². The van der Waals surface area contributed by atoms with Crippen LogP contribution in [0.2, 0.25) is 0 Å². The molecule has 0 aliphatic carbocycles. The molecular weight excluding hydrogens is 239 g/mol. The predicted molar refractivity (Wildman–Crippen MR) is 51.7 cm³/mol. The SMILES string of the molecule is NC[C@H](N)c1c(Br)ccc(F)c1O. The van der Waals surface area contributed by atoms with E-state index in [0.717, 1.165) is 6.07 Å². The molecule has 3 nitrogen and oxygen atoms in total. The van der Waals surface area contributed by atoms with Crippen LogP contribution in [0, 0.1) is 5.82 Å². The topological polar surface area (TPSA) is 72.3 Å². The predicted octanol–water partition coefficient (Wildman–Crippen LogP) is 1.25. The van der Waals surface area contributed by atoms with Crippen LogP contribution in [0.25, 0.3) is 0 Å². The molecule has 0 aromatic heterocycles. The zero-order valence-electron chi connectivity index (χ0n) is 6.80. The fourth-order valence-corrected chi connectivity index (χ4v) is 1.64. The minimum atomic E-state index is -0.692. The Morgan fingerprint density at radius 1 is 1.54 bits per heavy atom. The van der Waals surface area contributed by atoms with Gasteiger partial charge in [-0.15, -0.1) is 0 Å². The fraction of sp³-hybridized carbons (Fsp3) is 0.250.